The molecule has 0 saturated heterocycles. The summed E-state index contributed by atoms with van der Waals surface area (Å²) in [6, 6.07) is 14.1. The van der Waals surface area contributed by atoms with Gasteiger partial charge in [-0.1, -0.05) is 47.5 Å². The fraction of sp³-hybridized carbons (Fsp3) is 0.200. The number of fused-ring (bicyclic) bond motifs is 1. The highest BCUT2D eigenvalue weighted by Crippen LogP contribution is 2.42. The van der Waals surface area contributed by atoms with Crippen LogP contribution in [0.15, 0.2) is 47.4 Å². The largest absolute Gasteiger partial charge is 0.323 e. The number of hydrogen-bond donors (Lipinski definition) is 1. The smallest absolute Gasteiger partial charge is 0.0595 e. The Morgan fingerprint density at radius 3 is 2.63 bits per heavy atom. The summed E-state index contributed by atoms with van der Waals surface area (Å²) >= 11 is 13.8. The van der Waals surface area contributed by atoms with E-state index in [1.54, 1.807) is 0 Å². The van der Waals surface area contributed by atoms with Crippen LogP contribution in [0, 0.1) is 0 Å². The normalized spacial score (nSPS) is 19.2. The fourth-order valence-corrected chi connectivity index (χ4v) is 4.00. The Hall–Kier alpha value is -0.670. The van der Waals surface area contributed by atoms with Gasteiger partial charge in [0.15, 0.2) is 0 Å². The van der Waals surface area contributed by atoms with Gasteiger partial charge < -0.3 is 5.73 Å². The molecule has 0 radical (unpaired) electrons. The van der Waals surface area contributed by atoms with Crippen molar-refractivity contribution in [2.45, 2.75) is 22.6 Å². The number of hydrogen-bond acceptors (Lipinski definition) is 2. The average molecular weight is 310 g/mol. The maximum absolute atomic E-state index is 6.38. The standard InChI is InChI=1S/C15H13Cl2NS/c16-11-6-5-10(7-12(11)17)15(18)14-8-9-3-1-2-4-13(9)19-14/h1-7,14-15H,8,18H2. The molecular formula is C15H13Cl2NS. The first-order chi connectivity index (χ1) is 9.15. The maximum Gasteiger partial charge on any atom is 0.0595 e. The Morgan fingerprint density at radius 1 is 1.11 bits per heavy atom. The van der Waals surface area contributed by atoms with E-state index >= 15 is 0 Å². The SMILES string of the molecule is NC(c1ccc(Cl)c(Cl)c1)C1Cc2ccccc2S1. The number of nitrogens with two attached hydrogens (primary N) is 1. The lowest BCUT2D eigenvalue weighted by Gasteiger charge is -2.19. The van der Waals surface area contributed by atoms with Crippen LogP contribution in [0.25, 0.3) is 0 Å². The van der Waals surface area contributed by atoms with Crippen molar-refractivity contribution in [2.24, 2.45) is 5.73 Å². The van der Waals surface area contributed by atoms with Gasteiger partial charge in [0.2, 0.25) is 0 Å². The molecule has 0 aliphatic carbocycles. The molecule has 0 amide bonds. The second kappa shape index (κ2) is 5.37. The van der Waals surface area contributed by atoms with Gasteiger partial charge in [-0.15, -0.1) is 11.8 Å². The summed E-state index contributed by atoms with van der Waals surface area (Å²) in [4.78, 5) is 1.34. The second-order valence-corrected chi connectivity index (χ2v) is 6.76. The molecule has 98 valence electrons. The van der Waals surface area contributed by atoms with Crippen LogP contribution in [-0.2, 0) is 6.42 Å². The van der Waals surface area contributed by atoms with Gasteiger partial charge in [-0.2, -0.15) is 0 Å². The Bertz CT molecular complexity index is 590. The number of halogens is 2. The van der Waals surface area contributed by atoms with Crippen LogP contribution in [-0.4, -0.2) is 5.25 Å². The van der Waals surface area contributed by atoms with Crippen molar-refractivity contribution in [1.29, 1.82) is 0 Å². The number of benzene rings is 2. The minimum absolute atomic E-state index is 0.0350. The molecule has 19 heavy (non-hydrogen) atoms. The topological polar surface area (TPSA) is 26.0 Å². The number of thioether (sulfide) groups is 1. The predicted octanol–water partition coefficient (Wildman–Crippen LogP) is 4.71. The van der Waals surface area contributed by atoms with Crippen LogP contribution < -0.4 is 5.73 Å². The molecule has 0 saturated carbocycles. The summed E-state index contributed by atoms with van der Waals surface area (Å²) in [7, 11) is 0. The first kappa shape index (κ1) is 13.3. The summed E-state index contributed by atoms with van der Waals surface area (Å²) < 4.78 is 0. The maximum atomic E-state index is 6.38. The molecule has 4 heteroatoms. The van der Waals surface area contributed by atoms with E-state index in [0.29, 0.717) is 15.3 Å². The highest BCUT2D eigenvalue weighted by Gasteiger charge is 2.28. The summed E-state index contributed by atoms with van der Waals surface area (Å²) in [5, 5.41) is 1.49. The minimum atomic E-state index is -0.0350. The van der Waals surface area contributed by atoms with E-state index in [-0.39, 0.29) is 6.04 Å². The first-order valence-electron chi connectivity index (χ1n) is 6.10. The van der Waals surface area contributed by atoms with Crippen LogP contribution in [0.2, 0.25) is 10.0 Å². The lowest BCUT2D eigenvalue weighted by molar-refractivity contribution is 0.678. The molecule has 2 N–H and O–H groups in total. The molecule has 2 unspecified atom stereocenters. The molecule has 2 aromatic rings. The van der Waals surface area contributed by atoms with Gasteiger partial charge in [0.25, 0.3) is 0 Å². The van der Waals surface area contributed by atoms with Crippen molar-refractivity contribution in [1.82, 2.24) is 0 Å². The van der Waals surface area contributed by atoms with Crippen molar-refractivity contribution in [3.05, 3.63) is 63.6 Å². The molecule has 3 rings (SSSR count). The molecule has 1 nitrogen and oxygen atoms in total. The van der Waals surface area contributed by atoms with Gasteiger partial charge in [0.1, 0.15) is 0 Å². The summed E-state index contributed by atoms with van der Waals surface area (Å²) in [6.07, 6.45) is 1.00. The first-order valence-corrected chi connectivity index (χ1v) is 7.74. The van der Waals surface area contributed by atoms with Crippen LogP contribution >= 0.6 is 35.0 Å². The lowest BCUT2D eigenvalue weighted by Crippen LogP contribution is -2.23. The Morgan fingerprint density at radius 2 is 1.89 bits per heavy atom. The van der Waals surface area contributed by atoms with E-state index in [4.69, 9.17) is 28.9 Å². The zero-order chi connectivity index (χ0) is 13.4. The van der Waals surface area contributed by atoms with E-state index in [0.717, 1.165) is 12.0 Å². The molecule has 1 aliphatic rings. The third-order valence-electron chi connectivity index (χ3n) is 3.40. The van der Waals surface area contributed by atoms with Crippen LogP contribution in [0.4, 0.5) is 0 Å². The Balaban J connectivity index is 1.82. The molecule has 2 aromatic carbocycles. The second-order valence-electron chi connectivity index (χ2n) is 4.67. The van der Waals surface area contributed by atoms with Crippen molar-refractivity contribution in [2.75, 3.05) is 0 Å². The van der Waals surface area contributed by atoms with Gasteiger partial charge >= 0.3 is 0 Å². The van der Waals surface area contributed by atoms with E-state index in [1.165, 1.54) is 10.5 Å². The van der Waals surface area contributed by atoms with E-state index in [2.05, 4.69) is 24.3 Å². The third kappa shape index (κ3) is 2.63. The van der Waals surface area contributed by atoms with E-state index in [1.807, 2.05) is 30.0 Å². The molecular weight excluding hydrogens is 297 g/mol. The Kier molecular flexibility index (Phi) is 3.77. The average Bonchev–Trinajstić information content (AvgIpc) is 2.85. The zero-order valence-corrected chi connectivity index (χ0v) is 12.5. The zero-order valence-electron chi connectivity index (χ0n) is 10.1. The Labute approximate surface area is 127 Å². The van der Waals surface area contributed by atoms with E-state index in [9.17, 15) is 0 Å². The molecule has 0 aromatic heterocycles. The molecule has 1 heterocycles. The quantitative estimate of drug-likeness (QED) is 0.869. The van der Waals surface area contributed by atoms with Gasteiger partial charge in [-0.05, 0) is 35.7 Å². The summed E-state index contributed by atoms with van der Waals surface area (Å²) in [5.41, 5.74) is 8.80. The van der Waals surface area contributed by atoms with Gasteiger partial charge in [-0.3, -0.25) is 0 Å². The molecule has 2 atom stereocenters. The molecule has 0 fully saturated rings. The predicted molar refractivity (Wildman–Crippen MR) is 83.2 cm³/mol. The van der Waals surface area contributed by atoms with Crippen molar-refractivity contribution < 1.29 is 0 Å². The van der Waals surface area contributed by atoms with Gasteiger partial charge in [0.05, 0.1) is 10.0 Å². The molecule has 0 bridgehead atoms. The highest BCUT2D eigenvalue weighted by molar-refractivity contribution is 8.00. The summed E-state index contributed by atoms with van der Waals surface area (Å²) in [5.74, 6) is 0. The molecule has 1 aliphatic heterocycles. The third-order valence-corrected chi connectivity index (χ3v) is 5.56. The summed E-state index contributed by atoms with van der Waals surface area (Å²) in [6.45, 7) is 0. The van der Waals surface area contributed by atoms with Crippen LogP contribution in [0.5, 0.6) is 0 Å². The van der Waals surface area contributed by atoms with Crippen LogP contribution in [0.3, 0.4) is 0 Å². The fourth-order valence-electron chi connectivity index (χ4n) is 2.34. The van der Waals surface area contributed by atoms with E-state index < -0.39 is 0 Å². The molecule has 0 spiro atoms. The highest BCUT2D eigenvalue weighted by atomic mass is 35.5. The van der Waals surface area contributed by atoms with Crippen molar-refractivity contribution >= 4 is 35.0 Å². The lowest BCUT2D eigenvalue weighted by atomic mass is 9.99. The number of rotatable bonds is 2. The van der Waals surface area contributed by atoms with Gasteiger partial charge in [0, 0.05) is 16.2 Å². The monoisotopic (exact) mass is 309 g/mol. The van der Waals surface area contributed by atoms with Crippen molar-refractivity contribution in [3.8, 4) is 0 Å². The van der Waals surface area contributed by atoms with Gasteiger partial charge in [-0.25, -0.2) is 0 Å². The minimum Gasteiger partial charge on any atom is -0.323 e. The van der Waals surface area contributed by atoms with Crippen LogP contribution in [0.1, 0.15) is 17.2 Å². The van der Waals surface area contributed by atoms with Crippen molar-refractivity contribution in [3.63, 3.8) is 0 Å².